The van der Waals surface area contributed by atoms with Gasteiger partial charge in [-0.1, -0.05) is 18.2 Å². The van der Waals surface area contributed by atoms with E-state index < -0.39 is 5.41 Å². The summed E-state index contributed by atoms with van der Waals surface area (Å²) in [5, 5.41) is 6.08. The molecule has 7 heteroatoms. The number of anilines is 2. The first-order chi connectivity index (χ1) is 14.2. The summed E-state index contributed by atoms with van der Waals surface area (Å²) in [6.45, 7) is 1.59. The van der Waals surface area contributed by atoms with E-state index in [0.29, 0.717) is 11.5 Å². The second-order valence-electron chi connectivity index (χ2n) is 7.30. The Hall–Kier alpha value is -3.06. The molecule has 3 aromatic rings. The number of aromatic nitrogens is 1. The van der Waals surface area contributed by atoms with Gasteiger partial charge < -0.3 is 19.7 Å². The van der Waals surface area contributed by atoms with Crippen molar-refractivity contribution in [3.63, 3.8) is 0 Å². The zero-order valence-corrected chi connectivity index (χ0v) is 16.9. The zero-order chi connectivity index (χ0) is 19.8. The van der Waals surface area contributed by atoms with Crippen LogP contribution in [0.25, 0.3) is 0 Å². The van der Waals surface area contributed by atoms with Crippen molar-refractivity contribution >= 4 is 28.1 Å². The van der Waals surface area contributed by atoms with Gasteiger partial charge in [0, 0.05) is 36.4 Å². The van der Waals surface area contributed by atoms with Crippen LogP contribution in [0.4, 0.5) is 10.8 Å². The summed E-state index contributed by atoms with van der Waals surface area (Å²) in [7, 11) is 1.63. The molecule has 0 aliphatic carbocycles. The Morgan fingerprint density at radius 1 is 1.14 bits per heavy atom. The molecule has 5 rings (SSSR count). The third kappa shape index (κ3) is 3.02. The van der Waals surface area contributed by atoms with Crippen LogP contribution in [0.2, 0.25) is 0 Å². The molecule has 2 aliphatic rings. The fourth-order valence-electron chi connectivity index (χ4n) is 4.23. The van der Waals surface area contributed by atoms with Crippen LogP contribution in [-0.4, -0.2) is 31.1 Å². The van der Waals surface area contributed by atoms with Gasteiger partial charge in [0.1, 0.15) is 5.75 Å². The molecule has 1 saturated heterocycles. The maximum absolute atomic E-state index is 13.0. The molecule has 1 fully saturated rings. The van der Waals surface area contributed by atoms with Gasteiger partial charge in [0.2, 0.25) is 5.91 Å². The minimum absolute atomic E-state index is 0.0604. The highest BCUT2D eigenvalue weighted by molar-refractivity contribution is 7.13. The van der Waals surface area contributed by atoms with Gasteiger partial charge in [0.15, 0.2) is 16.6 Å². The molecule has 0 unspecified atom stereocenters. The highest BCUT2D eigenvalue weighted by Crippen LogP contribution is 2.49. The molecule has 148 valence electrons. The third-order valence-corrected chi connectivity index (χ3v) is 6.61. The molecule has 1 spiro atoms. The molecule has 1 amide bonds. The summed E-state index contributed by atoms with van der Waals surface area (Å²) < 4.78 is 11.6. The Balaban J connectivity index is 1.46. The largest absolute Gasteiger partial charge is 0.493 e. The Kier molecular flexibility index (Phi) is 4.39. The smallest absolute Gasteiger partial charge is 0.235 e. The lowest BCUT2D eigenvalue weighted by molar-refractivity contribution is -0.121. The van der Waals surface area contributed by atoms with Gasteiger partial charge in [-0.05, 0) is 36.6 Å². The fraction of sp³-hybridized carbons (Fsp3) is 0.273. The lowest BCUT2D eigenvalue weighted by Crippen LogP contribution is -2.46. The van der Waals surface area contributed by atoms with Gasteiger partial charge in [-0.25, -0.2) is 4.98 Å². The maximum Gasteiger partial charge on any atom is 0.235 e. The molecule has 0 radical (unpaired) electrons. The number of para-hydroxylation sites is 1. The molecule has 29 heavy (non-hydrogen) atoms. The van der Waals surface area contributed by atoms with Gasteiger partial charge >= 0.3 is 0 Å². The number of amides is 1. The number of thiazole rings is 1. The summed E-state index contributed by atoms with van der Waals surface area (Å²) in [5.41, 5.74) is 1.28. The van der Waals surface area contributed by atoms with Gasteiger partial charge in [0.05, 0.1) is 12.5 Å². The van der Waals surface area contributed by atoms with Gasteiger partial charge in [-0.15, -0.1) is 11.3 Å². The van der Waals surface area contributed by atoms with E-state index >= 15 is 0 Å². The minimum atomic E-state index is -0.526. The molecule has 2 aliphatic heterocycles. The monoisotopic (exact) mass is 407 g/mol. The predicted molar refractivity (Wildman–Crippen MR) is 113 cm³/mol. The van der Waals surface area contributed by atoms with Crippen molar-refractivity contribution < 1.29 is 14.3 Å². The van der Waals surface area contributed by atoms with Crippen LogP contribution in [-0.2, 0) is 10.2 Å². The Bertz CT molecular complexity index is 1030. The van der Waals surface area contributed by atoms with E-state index in [2.05, 4.69) is 15.2 Å². The third-order valence-electron chi connectivity index (χ3n) is 5.78. The Labute approximate surface area is 173 Å². The summed E-state index contributed by atoms with van der Waals surface area (Å²) in [6, 6.07) is 13.4. The molecule has 1 N–H and O–H groups in total. The summed E-state index contributed by atoms with van der Waals surface area (Å²) in [4.78, 5) is 19.7. The number of hydrogen-bond acceptors (Lipinski definition) is 6. The molecule has 3 heterocycles. The molecule has 0 saturated carbocycles. The van der Waals surface area contributed by atoms with E-state index in [1.807, 2.05) is 54.0 Å². The second-order valence-corrected chi connectivity index (χ2v) is 8.17. The second kappa shape index (κ2) is 7.08. The molecular weight excluding hydrogens is 386 g/mol. The van der Waals surface area contributed by atoms with E-state index in [1.54, 1.807) is 18.4 Å². The van der Waals surface area contributed by atoms with E-state index in [9.17, 15) is 4.79 Å². The highest BCUT2D eigenvalue weighted by atomic mass is 32.1. The van der Waals surface area contributed by atoms with Crippen molar-refractivity contribution in [2.45, 2.75) is 18.3 Å². The number of hydrogen-bond donors (Lipinski definition) is 1. The number of carbonyl (C=O) groups excluding carboxylic acids is 1. The zero-order valence-electron chi connectivity index (χ0n) is 16.1. The fourth-order valence-corrected chi connectivity index (χ4v) is 4.92. The van der Waals surface area contributed by atoms with Crippen molar-refractivity contribution in [1.29, 1.82) is 0 Å². The summed E-state index contributed by atoms with van der Waals surface area (Å²) in [6.07, 6.45) is 3.31. The number of ether oxygens (including phenoxy) is 2. The van der Waals surface area contributed by atoms with Crippen LogP contribution in [0.5, 0.6) is 17.2 Å². The van der Waals surface area contributed by atoms with Gasteiger partial charge in [0.25, 0.3) is 0 Å². The number of nitrogens with zero attached hydrogens (tertiary/aromatic N) is 2. The molecule has 0 bridgehead atoms. The van der Waals surface area contributed by atoms with Crippen molar-refractivity contribution in [3.05, 3.63) is 59.6 Å². The Morgan fingerprint density at radius 2 is 1.93 bits per heavy atom. The predicted octanol–water partition coefficient (Wildman–Crippen LogP) is 4.43. The number of carbonyl (C=O) groups is 1. The molecule has 2 aromatic carbocycles. The first-order valence-corrected chi connectivity index (χ1v) is 10.5. The summed E-state index contributed by atoms with van der Waals surface area (Å²) in [5.74, 6) is 2.01. The number of nitrogens with one attached hydrogen (secondary N) is 1. The molecule has 0 atom stereocenters. The summed E-state index contributed by atoms with van der Waals surface area (Å²) >= 11 is 1.63. The van der Waals surface area contributed by atoms with E-state index in [1.165, 1.54) is 0 Å². The Morgan fingerprint density at radius 3 is 2.62 bits per heavy atom. The first kappa shape index (κ1) is 18.0. The number of fused-ring (bicyclic) bond motifs is 2. The lowest BCUT2D eigenvalue weighted by atomic mass is 9.73. The maximum atomic E-state index is 13.0. The lowest BCUT2D eigenvalue weighted by Gasteiger charge is -2.38. The van der Waals surface area contributed by atoms with Crippen LogP contribution in [0, 0.1) is 0 Å². The first-order valence-electron chi connectivity index (χ1n) is 9.61. The van der Waals surface area contributed by atoms with Gasteiger partial charge in [-0.3, -0.25) is 4.79 Å². The average Bonchev–Trinajstić information content (AvgIpc) is 3.37. The van der Waals surface area contributed by atoms with Crippen molar-refractivity contribution in [3.8, 4) is 17.2 Å². The molecule has 6 nitrogen and oxygen atoms in total. The van der Waals surface area contributed by atoms with Crippen LogP contribution in [0.15, 0.2) is 54.0 Å². The number of rotatable bonds is 4. The van der Waals surface area contributed by atoms with Crippen molar-refractivity contribution in [2.75, 3.05) is 30.4 Å². The van der Waals surface area contributed by atoms with E-state index in [4.69, 9.17) is 9.47 Å². The van der Waals surface area contributed by atoms with Crippen LogP contribution in [0.1, 0.15) is 18.4 Å². The highest BCUT2D eigenvalue weighted by Gasteiger charge is 2.49. The van der Waals surface area contributed by atoms with Crippen molar-refractivity contribution in [1.82, 2.24) is 4.98 Å². The number of piperidine rings is 1. The normalized spacial score (nSPS) is 17.1. The number of methoxy groups -OCH3 is 1. The molecule has 1 aromatic heterocycles. The van der Waals surface area contributed by atoms with Crippen LogP contribution >= 0.6 is 11.3 Å². The van der Waals surface area contributed by atoms with E-state index in [-0.39, 0.29) is 5.91 Å². The topological polar surface area (TPSA) is 63.7 Å². The van der Waals surface area contributed by atoms with Gasteiger partial charge in [-0.2, -0.15) is 0 Å². The standard InChI is InChI=1S/C22H21N3O3S/c1-27-18-13-16-17(14-19(18)28-15-5-3-2-4-6-15)24-20(26)22(16)7-10-25(11-8-22)21-23-9-12-29-21/h2-6,9,12-14H,7-8,10-11H2,1H3,(H,24,26). The van der Waals surface area contributed by atoms with Crippen molar-refractivity contribution in [2.24, 2.45) is 0 Å². The van der Waals surface area contributed by atoms with Crippen LogP contribution in [0.3, 0.4) is 0 Å². The minimum Gasteiger partial charge on any atom is -0.493 e. The molecular formula is C22H21N3O3S. The average molecular weight is 407 g/mol. The number of benzene rings is 2. The van der Waals surface area contributed by atoms with Crippen LogP contribution < -0.4 is 19.7 Å². The van der Waals surface area contributed by atoms with E-state index in [0.717, 1.165) is 48.1 Å². The quantitative estimate of drug-likeness (QED) is 0.693. The SMILES string of the molecule is COc1cc2c(cc1Oc1ccccc1)NC(=O)C21CCN(c2nccs2)CC1.